The lowest BCUT2D eigenvalue weighted by molar-refractivity contribution is 0.0601. The average Bonchev–Trinajstić information content (AvgIpc) is 3.24. The Balaban J connectivity index is 1.83. The van der Waals surface area contributed by atoms with Gasteiger partial charge >= 0.3 is 11.9 Å². The van der Waals surface area contributed by atoms with Crippen LogP contribution in [-0.4, -0.2) is 41.1 Å². The van der Waals surface area contributed by atoms with Crippen LogP contribution in [0.15, 0.2) is 24.3 Å². The molecule has 2 aromatic heterocycles. The molecule has 0 fully saturated rings. The molecule has 0 amide bonds. The molecule has 0 saturated heterocycles. The van der Waals surface area contributed by atoms with Crippen molar-refractivity contribution in [1.29, 1.82) is 0 Å². The lowest BCUT2D eigenvalue weighted by Gasteiger charge is -2.11. The fraction of sp³-hybridized carbons (Fsp3) is 0.273. The molecule has 0 aliphatic carbocycles. The maximum absolute atomic E-state index is 12.3. The van der Waals surface area contributed by atoms with E-state index < -0.39 is 11.9 Å². The molecule has 0 bridgehead atoms. The third-order valence-corrected chi connectivity index (χ3v) is 6.64. The Hall–Kier alpha value is -2.95. The van der Waals surface area contributed by atoms with Crippen LogP contribution in [0, 0.1) is 20.8 Å². The largest absolute Gasteiger partial charge is 0.465 e. The van der Waals surface area contributed by atoms with Gasteiger partial charge < -0.3 is 20.1 Å². The van der Waals surface area contributed by atoms with E-state index in [9.17, 15) is 9.59 Å². The fourth-order valence-electron chi connectivity index (χ4n) is 3.28. The number of hydrogen-bond donors (Lipinski definition) is 2. The molecule has 174 valence electrons. The summed E-state index contributed by atoms with van der Waals surface area (Å²) in [5.41, 5.74) is 4.16. The number of halogens is 1. The molecule has 3 aromatic rings. The third kappa shape index (κ3) is 5.35. The van der Waals surface area contributed by atoms with Crippen molar-refractivity contribution in [3.05, 3.63) is 62.2 Å². The summed E-state index contributed by atoms with van der Waals surface area (Å²) < 4.78 is 11.6. The summed E-state index contributed by atoms with van der Waals surface area (Å²) in [6, 6.07) is 7.57. The van der Waals surface area contributed by atoms with Crippen LogP contribution in [0.25, 0.3) is 0 Å². The van der Waals surface area contributed by atoms with E-state index in [1.54, 1.807) is 6.92 Å². The second-order valence-electron chi connectivity index (χ2n) is 7.15. The molecule has 8 nitrogen and oxygen atoms in total. The SMILES string of the molecule is COC(=O)c1sc(NC(=S)Nc2c(C)nn(Cc3ccc(Cl)cc3)c2C)c(C(=O)OC)c1C. The molecule has 0 unspecified atom stereocenters. The van der Waals surface area contributed by atoms with E-state index >= 15 is 0 Å². The Kier molecular flexibility index (Phi) is 7.72. The van der Waals surface area contributed by atoms with Gasteiger partial charge in [0, 0.05) is 5.02 Å². The number of esters is 2. The maximum atomic E-state index is 12.3. The number of ether oxygens (including phenoxy) is 2. The highest BCUT2D eigenvalue weighted by Gasteiger charge is 2.26. The molecule has 0 aliphatic heterocycles. The molecule has 2 N–H and O–H groups in total. The number of methoxy groups -OCH3 is 2. The normalized spacial score (nSPS) is 10.6. The van der Waals surface area contributed by atoms with E-state index in [0.29, 0.717) is 27.0 Å². The van der Waals surface area contributed by atoms with Crippen molar-refractivity contribution in [3.8, 4) is 0 Å². The first-order chi connectivity index (χ1) is 15.7. The van der Waals surface area contributed by atoms with E-state index in [4.69, 9.17) is 33.3 Å². The molecule has 1 aromatic carbocycles. The molecule has 0 radical (unpaired) electrons. The number of carbonyl (C=O) groups is 2. The standard InChI is InChI=1S/C22H23ClN4O4S2/c1-11-16(20(28)30-4)19(33-18(11)21(29)31-5)25-22(32)24-17-12(2)26-27(13(17)3)10-14-6-8-15(23)9-7-14/h6-9H,10H2,1-5H3,(H2,24,25,32). The lowest BCUT2D eigenvalue weighted by Crippen LogP contribution is -2.21. The number of rotatable bonds is 6. The minimum absolute atomic E-state index is 0.235. The highest BCUT2D eigenvalue weighted by molar-refractivity contribution is 7.80. The minimum atomic E-state index is -0.577. The molecular formula is C22H23ClN4O4S2. The molecule has 0 spiro atoms. The number of carbonyl (C=O) groups excluding carboxylic acids is 2. The van der Waals surface area contributed by atoms with Crippen molar-refractivity contribution in [2.45, 2.75) is 27.3 Å². The number of thiophene rings is 1. The van der Waals surface area contributed by atoms with E-state index in [0.717, 1.165) is 34.0 Å². The van der Waals surface area contributed by atoms with E-state index in [2.05, 4.69) is 15.7 Å². The number of nitrogens with zero attached hydrogens (tertiary/aromatic N) is 2. The fourth-order valence-corrected chi connectivity index (χ4v) is 4.79. The Bertz CT molecular complexity index is 1220. The zero-order valence-electron chi connectivity index (χ0n) is 18.7. The summed E-state index contributed by atoms with van der Waals surface area (Å²) in [5, 5.41) is 12.1. The second kappa shape index (κ2) is 10.3. The van der Waals surface area contributed by atoms with Gasteiger partial charge in [-0.1, -0.05) is 23.7 Å². The Morgan fingerprint density at radius 3 is 2.33 bits per heavy atom. The van der Waals surface area contributed by atoms with Gasteiger partial charge in [-0.2, -0.15) is 5.10 Å². The quantitative estimate of drug-likeness (QED) is 0.358. The zero-order valence-corrected chi connectivity index (χ0v) is 21.1. The van der Waals surface area contributed by atoms with Gasteiger partial charge in [-0.05, 0) is 56.2 Å². The van der Waals surface area contributed by atoms with Crippen LogP contribution >= 0.6 is 35.2 Å². The predicted molar refractivity (Wildman–Crippen MR) is 134 cm³/mol. The predicted octanol–water partition coefficient (Wildman–Crippen LogP) is 4.95. The summed E-state index contributed by atoms with van der Waals surface area (Å²) in [7, 11) is 2.56. The highest BCUT2D eigenvalue weighted by Crippen LogP contribution is 2.34. The van der Waals surface area contributed by atoms with Gasteiger partial charge in [-0.25, -0.2) is 9.59 Å². The first kappa shape index (κ1) is 24.7. The zero-order chi connectivity index (χ0) is 24.3. The van der Waals surface area contributed by atoms with Crippen LogP contribution in [0.1, 0.15) is 42.5 Å². The van der Waals surface area contributed by atoms with Crippen molar-refractivity contribution in [1.82, 2.24) is 9.78 Å². The topological polar surface area (TPSA) is 94.5 Å². The summed E-state index contributed by atoms with van der Waals surface area (Å²) in [6.07, 6.45) is 0. The number of aryl methyl sites for hydroxylation is 1. The molecular weight excluding hydrogens is 484 g/mol. The first-order valence-electron chi connectivity index (χ1n) is 9.82. The van der Waals surface area contributed by atoms with Gasteiger partial charge in [-0.15, -0.1) is 11.3 Å². The second-order valence-corrected chi connectivity index (χ2v) is 9.02. The van der Waals surface area contributed by atoms with Crippen LogP contribution in [0.4, 0.5) is 10.7 Å². The van der Waals surface area contributed by atoms with Gasteiger partial charge in [0.05, 0.1) is 43.4 Å². The number of nitrogens with one attached hydrogen (secondary N) is 2. The Morgan fingerprint density at radius 1 is 1.09 bits per heavy atom. The number of thiocarbonyl (C=S) groups is 1. The van der Waals surface area contributed by atoms with Crippen LogP contribution in [0.5, 0.6) is 0 Å². The van der Waals surface area contributed by atoms with Crippen LogP contribution in [0.2, 0.25) is 5.02 Å². The van der Waals surface area contributed by atoms with Gasteiger partial charge in [0.2, 0.25) is 0 Å². The molecule has 33 heavy (non-hydrogen) atoms. The number of aromatic nitrogens is 2. The van der Waals surface area contributed by atoms with Crippen LogP contribution in [-0.2, 0) is 16.0 Å². The van der Waals surface area contributed by atoms with Crippen molar-refractivity contribution >= 4 is 62.9 Å². The number of benzene rings is 1. The third-order valence-electron chi connectivity index (χ3n) is 5.00. The van der Waals surface area contributed by atoms with Crippen molar-refractivity contribution < 1.29 is 19.1 Å². The van der Waals surface area contributed by atoms with Gasteiger partial charge in [-0.3, -0.25) is 4.68 Å². The number of anilines is 2. The minimum Gasteiger partial charge on any atom is -0.465 e. The van der Waals surface area contributed by atoms with E-state index in [1.807, 2.05) is 42.8 Å². The molecule has 3 rings (SSSR count). The molecule has 0 saturated carbocycles. The van der Waals surface area contributed by atoms with E-state index in [1.165, 1.54) is 14.2 Å². The first-order valence-corrected chi connectivity index (χ1v) is 11.4. The smallest absolute Gasteiger partial charge is 0.348 e. The van der Waals surface area contributed by atoms with Gasteiger partial charge in [0.1, 0.15) is 9.88 Å². The van der Waals surface area contributed by atoms with Gasteiger partial charge in [0.15, 0.2) is 5.11 Å². The Morgan fingerprint density at radius 2 is 1.73 bits per heavy atom. The van der Waals surface area contributed by atoms with Crippen LogP contribution < -0.4 is 10.6 Å². The summed E-state index contributed by atoms with van der Waals surface area (Å²) in [6.45, 7) is 6.04. The summed E-state index contributed by atoms with van der Waals surface area (Å²) in [5.74, 6) is -1.11. The Labute approximate surface area is 205 Å². The van der Waals surface area contributed by atoms with Crippen LogP contribution in [0.3, 0.4) is 0 Å². The molecule has 2 heterocycles. The molecule has 11 heteroatoms. The molecule has 0 aliphatic rings. The van der Waals surface area contributed by atoms with Gasteiger partial charge in [0.25, 0.3) is 0 Å². The van der Waals surface area contributed by atoms with Crippen molar-refractivity contribution in [2.24, 2.45) is 0 Å². The average molecular weight is 507 g/mol. The van der Waals surface area contributed by atoms with E-state index in [-0.39, 0.29) is 10.7 Å². The maximum Gasteiger partial charge on any atom is 0.348 e. The monoisotopic (exact) mass is 506 g/mol. The lowest BCUT2D eigenvalue weighted by atomic mass is 10.1. The summed E-state index contributed by atoms with van der Waals surface area (Å²) in [4.78, 5) is 24.7. The van der Waals surface area contributed by atoms with Crippen molar-refractivity contribution in [3.63, 3.8) is 0 Å². The van der Waals surface area contributed by atoms with Crippen molar-refractivity contribution in [2.75, 3.05) is 24.9 Å². The molecule has 0 atom stereocenters. The number of hydrogen-bond acceptors (Lipinski definition) is 7. The highest BCUT2D eigenvalue weighted by atomic mass is 35.5. The summed E-state index contributed by atoms with van der Waals surface area (Å²) >= 11 is 12.5.